The lowest BCUT2D eigenvalue weighted by atomic mass is 10.1. The summed E-state index contributed by atoms with van der Waals surface area (Å²) >= 11 is 0. The second-order valence-corrected chi connectivity index (χ2v) is 5.20. The Kier molecular flexibility index (Phi) is 3.78. The fourth-order valence-corrected chi connectivity index (χ4v) is 2.98. The minimum atomic E-state index is 0.804. The van der Waals surface area contributed by atoms with Gasteiger partial charge in [-0.05, 0) is 18.6 Å². The summed E-state index contributed by atoms with van der Waals surface area (Å²) in [4.78, 5) is 4.96. The fourth-order valence-electron chi connectivity index (χ4n) is 2.98. The van der Waals surface area contributed by atoms with E-state index in [1.54, 1.807) is 0 Å². The first-order chi connectivity index (χ1) is 9.40. The molecule has 0 unspecified atom stereocenters. The number of hydrogen-bond acceptors (Lipinski definition) is 4. The largest absolute Gasteiger partial charge is 0.489 e. The highest BCUT2D eigenvalue weighted by atomic mass is 16.5. The smallest absolute Gasteiger partial charge is 0.144 e. The molecule has 4 nitrogen and oxygen atoms in total. The van der Waals surface area contributed by atoms with E-state index in [4.69, 9.17) is 4.74 Å². The van der Waals surface area contributed by atoms with E-state index in [2.05, 4.69) is 40.2 Å². The average Bonchev–Trinajstić information content (AvgIpc) is 2.48. The third-order valence-corrected chi connectivity index (χ3v) is 3.86. The molecule has 1 fully saturated rings. The van der Waals surface area contributed by atoms with Crippen molar-refractivity contribution in [1.29, 1.82) is 0 Å². The third-order valence-electron chi connectivity index (χ3n) is 3.86. The van der Waals surface area contributed by atoms with Gasteiger partial charge < -0.3 is 19.9 Å². The Labute approximate surface area is 115 Å². The van der Waals surface area contributed by atoms with Crippen molar-refractivity contribution in [1.82, 2.24) is 5.32 Å². The van der Waals surface area contributed by atoms with E-state index in [0.29, 0.717) is 0 Å². The number of nitrogens with zero attached hydrogens (tertiary/aromatic N) is 2. The summed E-state index contributed by atoms with van der Waals surface area (Å²) in [5, 5.41) is 3.41. The molecule has 1 saturated heterocycles. The van der Waals surface area contributed by atoms with E-state index >= 15 is 0 Å². The van der Waals surface area contributed by atoms with Gasteiger partial charge in [0.2, 0.25) is 0 Å². The van der Waals surface area contributed by atoms with Crippen molar-refractivity contribution in [3.63, 3.8) is 0 Å². The van der Waals surface area contributed by atoms with Crippen LogP contribution in [0.2, 0.25) is 0 Å². The number of benzene rings is 1. The summed E-state index contributed by atoms with van der Waals surface area (Å²) in [6.07, 6.45) is 1.18. The maximum absolute atomic E-state index is 5.85. The Morgan fingerprint density at radius 3 is 2.84 bits per heavy atom. The zero-order chi connectivity index (χ0) is 13.1. The van der Waals surface area contributed by atoms with Gasteiger partial charge in [-0.1, -0.05) is 13.0 Å². The van der Waals surface area contributed by atoms with Gasteiger partial charge in [0.05, 0.1) is 12.2 Å². The monoisotopic (exact) mass is 261 g/mol. The van der Waals surface area contributed by atoms with Gasteiger partial charge in [-0.3, -0.25) is 0 Å². The van der Waals surface area contributed by atoms with E-state index in [1.807, 2.05) is 0 Å². The van der Waals surface area contributed by atoms with Gasteiger partial charge >= 0.3 is 0 Å². The zero-order valence-electron chi connectivity index (χ0n) is 11.7. The highest BCUT2D eigenvalue weighted by Gasteiger charge is 2.24. The SMILES string of the molecule is CCCN1CCOc2cccc(N3CCNCC3)c21. The molecule has 1 N–H and O–H groups in total. The summed E-state index contributed by atoms with van der Waals surface area (Å²) in [5.41, 5.74) is 2.64. The molecule has 0 amide bonds. The summed E-state index contributed by atoms with van der Waals surface area (Å²) in [7, 11) is 0. The molecular formula is C15H23N3O. The first-order valence-electron chi connectivity index (χ1n) is 7.36. The first-order valence-corrected chi connectivity index (χ1v) is 7.36. The minimum absolute atomic E-state index is 0.804. The summed E-state index contributed by atoms with van der Waals surface area (Å²) in [6, 6.07) is 6.45. The van der Waals surface area contributed by atoms with Crippen molar-refractivity contribution < 1.29 is 4.74 Å². The lowest BCUT2D eigenvalue weighted by Gasteiger charge is -2.37. The van der Waals surface area contributed by atoms with Crippen LogP contribution in [0.3, 0.4) is 0 Å². The number of anilines is 2. The van der Waals surface area contributed by atoms with Crippen molar-refractivity contribution in [3.8, 4) is 5.75 Å². The fraction of sp³-hybridized carbons (Fsp3) is 0.600. The lowest BCUT2D eigenvalue weighted by molar-refractivity contribution is 0.307. The average molecular weight is 261 g/mol. The van der Waals surface area contributed by atoms with Gasteiger partial charge in [-0.2, -0.15) is 0 Å². The zero-order valence-corrected chi connectivity index (χ0v) is 11.7. The number of rotatable bonds is 3. The molecule has 2 aliphatic heterocycles. The quantitative estimate of drug-likeness (QED) is 0.896. The molecule has 4 heteroatoms. The van der Waals surface area contributed by atoms with Crippen LogP contribution < -0.4 is 19.9 Å². The van der Waals surface area contributed by atoms with Crippen LogP contribution in [0.5, 0.6) is 5.75 Å². The molecule has 1 aromatic carbocycles. The molecule has 0 bridgehead atoms. The van der Waals surface area contributed by atoms with Crippen LogP contribution in [0.15, 0.2) is 18.2 Å². The van der Waals surface area contributed by atoms with Crippen LogP contribution in [0.25, 0.3) is 0 Å². The molecule has 3 rings (SSSR count). The predicted molar refractivity (Wildman–Crippen MR) is 79.5 cm³/mol. The minimum Gasteiger partial charge on any atom is -0.489 e. The number of piperazine rings is 1. The molecule has 1 aromatic rings. The molecule has 0 saturated carbocycles. The Hall–Kier alpha value is -1.42. The molecule has 0 aliphatic carbocycles. The van der Waals surface area contributed by atoms with Crippen LogP contribution in [-0.2, 0) is 0 Å². The number of hydrogen-bond donors (Lipinski definition) is 1. The first kappa shape index (κ1) is 12.6. The second-order valence-electron chi connectivity index (χ2n) is 5.20. The van der Waals surface area contributed by atoms with Crippen molar-refractivity contribution in [3.05, 3.63) is 18.2 Å². The topological polar surface area (TPSA) is 27.7 Å². The number of fused-ring (bicyclic) bond motifs is 1. The number of para-hydroxylation sites is 1. The Morgan fingerprint density at radius 1 is 1.21 bits per heavy atom. The molecule has 0 aromatic heterocycles. The van der Waals surface area contributed by atoms with Crippen molar-refractivity contribution in [2.75, 3.05) is 55.7 Å². The highest BCUT2D eigenvalue weighted by molar-refractivity contribution is 5.78. The molecule has 19 heavy (non-hydrogen) atoms. The van der Waals surface area contributed by atoms with Gasteiger partial charge in [0.1, 0.15) is 18.0 Å². The van der Waals surface area contributed by atoms with Gasteiger partial charge in [0.15, 0.2) is 0 Å². The van der Waals surface area contributed by atoms with Crippen molar-refractivity contribution >= 4 is 11.4 Å². The molecule has 0 spiro atoms. The standard InChI is InChI=1S/C15H23N3O/c1-2-8-18-11-12-19-14-5-3-4-13(15(14)18)17-9-6-16-7-10-17/h3-5,16H,2,6-12H2,1H3. The molecule has 2 heterocycles. The van der Waals surface area contributed by atoms with Crippen LogP contribution in [0.4, 0.5) is 11.4 Å². The molecular weight excluding hydrogens is 238 g/mol. The second kappa shape index (κ2) is 5.70. The Bertz CT molecular complexity index is 429. The van der Waals surface area contributed by atoms with Crippen LogP contribution in [0, 0.1) is 0 Å². The van der Waals surface area contributed by atoms with Crippen molar-refractivity contribution in [2.24, 2.45) is 0 Å². The summed E-state index contributed by atoms with van der Waals surface area (Å²) in [5.74, 6) is 1.05. The number of nitrogens with one attached hydrogen (secondary N) is 1. The third kappa shape index (κ3) is 2.50. The maximum atomic E-state index is 5.85. The molecule has 2 aliphatic rings. The van der Waals surface area contributed by atoms with Crippen LogP contribution >= 0.6 is 0 Å². The highest BCUT2D eigenvalue weighted by Crippen LogP contribution is 2.40. The molecule has 104 valence electrons. The van der Waals surface area contributed by atoms with Crippen molar-refractivity contribution in [2.45, 2.75) is 13.3 Å². The Morgan fingerprint density at radius 2 is 2.05 bits per heavy atom. The van der Waals surface area contributed by atoms with E-state index in [-0.39, 0.29) is 0 Å². The van der Waals surface area contributed by atoms with E-state index in [1.165, 1.54) is 17.8 Å². The number of ether oxygens (including phenoxy) is 1. The lowest BCUT2D eigenvalue weighted by Crippen LogP contribution is -2.44. The van der Waals surface area contributed by atoms with Gasteiger partial charge in [0.25, 0.3) is 0 Å². The normalized spacial score (nSPS) is 19.0. The van der Waals surface area contributed by atoms with Gasteiger partial charge in [0, 0.05) is 32.7 Å². The van der Waals surface area contributed by atoms with Crippen LogP contribution in [0.1, 0.15) is 13.3 Å². The predicted octanol–water partition coefficient (Wildman–Crippen LogP) is 1.70. The maximum Gasteiger partial charge on any atom is 0.144 e. The summed E-state index contributed by atoms with van der Waals surface area (Å²) in [6.45, 7) is 9.45. The van der Waals surface area contributed by atoms with E-state index in [0.717, 1.165) is 51.6 Å². The van der Waals surface area contributed by atoms with Crippen LogP contribution in [-0.4, -0.2) is 45.9 Å². The van der Waals surface area contributed by atoms with E-state index < -0.39 is 0 Å². The molecule has 0 atom stereocenters. The Balaban J connectivity index is 1.95. The van der Waals surface area contributed by atoms with Gasteiger partial charge in [-0.25, -0.2) is 0 Å². The molecule has 0 radical (unpaired) electrons. The van der Waals surface area contributed by atoms with E-state index in [9.17, 15) is 0 Å². The van der Waals surface area contributed by atoms with Gasteiger partial charge in [-0.15, -0.1) is 0 Å². The summed E-state index contributed by atoms with van der Waals surface area (Å²) < 4.78 is 5.85.